The zero-order chi connectivity index (χ0) is 11.1. The number of aliphatic hydroxyl groups is 1. The molecule has 0 radical (unpaired) electrons. The van der Waals surface area contributed by atoms with Crippen LogP contribution < -0.4 is 10.5 Å². The highest BCUT2D eigenvalue weighted by Crippen LogP contribution is 2.21. The standard InChI is InChI=1S/C11H16FNO2/c12-10-4-3-9(2-1-5-13)11(8-10)15-7-6-14/h3-4,8,14H,1-2,5-7,13H2. The van der Waals surface area contributed by atoms with E-state index in [9.17, 15) is 4.39 Å². The number of aryl methyl sites for hydroxylation is 1. The van der Waals surface area contributed by atoms with Crippen molar-refractivity contribution in [2.75, 3.05) is 19.8 Å². The predicted molar refractivity (Wildman–Crippen MR) is 56.4 cm³/mol. The van der Waals surface area contributed by atoms with Gasteiger partial charge in [-0.3, -0.25) is 0 Å². The minimum atomic E-state index is -0.334. The number of rotatable bonds is 6. The Labute approximate surface area is 88.7 Å². The number of benzene rings is 1. The summed E-state index contributed by atoms with van der Waals surface area (Å²) in [5.74, 6) is 0.164. The maximum Gasteiger partial charge on any atom is 0.126 e. The molecule has 4 heteroatoms. The second kappa shape index (κ2) is 6.37. The Kier molecular flexibility index (Phi) is 5.07. The van der Waals surface area contributed by atoms with Crippen LogP contribution in [0.5, 0.6) is 5.75 Å². The maximum absolute atomic E-state index is 12.9. The molecule has 1 aromatic rings. The quantitative estimate of drug-likeness (QED) is 0.743. The fourth-order valence-electron chi connectivity index (χ4n) is 1.32. The van der Waals surface area contributed by atoms with Gasteiger partial charge < -0.3 is 15.6 Å². The second-order valence-corrected chi connectivity index (χ2v) is 3.22. The van der Waals surface area contributed by atoms with Crippen LogP contribution in [0, 0.1) is 5.82 Å². The van der Waals surface area contributed by atoms with Crippen molar-refractivity contribution >= 4 is 0 Å². The molecule has 3 N–H and O–H groups in total. The SMILES string of the molecule is NCCCc1ccc(F)cc1OCCO. The Morgan fingerprint density at radius 3 is 2.87 bits per heavy atom. The summed E-state index contributed by atoms with van der Waals surface area (Å²) in [6, 6.07) is 4.43. The summed E-state index contributed by atoms with van der Waals surface area (Å²) in [6.07, 6.45) is 1.60. The average Bonchev–Trinajstić information content (AvgIpc) is 2.25. The molecule has 1 aromatic carbocycles. The van der Waals surface area contributed by atoms with Crippen molar-refractivity contribution in [3.63, 3.8) is 0 Å². The van der Waals surface area contributed by atoms with Crippen LogP contribution in [0.2, 0.25) is 0 Å². The van der Waals surface area contributed by atoms with Gasteiger partial charge in [0.15, 0.2) is 0 Å². The van der Waals surface area contributed by atoms with Gasteiger partial charge in [0.05, 0.1) is 6.61 Å². The van der Waals surface area contributed by atoms with Crippen LogP contribution in [-0.2, 0) is 6.42 Å². The molecule has 15 heavy (non-hydrogen) atoms. The van der Waals surface area contributed by atoms with E-state index in [1.54, 1.807) is 6.07 Å². The van der Waals surface area contributed by atoms with E-state index < -0.39 is 0 Å². The molecule has 84 valence electrons. The summed E-state index contributed by atoms with van der Waals surface area (Å²) in [6.45, 7) is 0.697. The molecule has 0 saturated heterocycles. The summed E-state index contributed by atoms with van der Waals surface area (Å²) in [5.41, 5.74) is 6.33. The smallest absolute Gasteiger partial charge is 0.126 e. The van der Waals surface area contributed by atoms with Crippen LogP contribution in [0.4, 0.5) is 4.39 Å². The van der Waals surface area contributed by atoms with Crippen LogP contribution in [0.15, 0.2) is 18.2 Å². The van der Waals surface area contributed by atoms with Crippen molar-refractivity contribution in [1.82, 2.24) is 0 Å². The van der Waals surface area contributed by atoms with E-state index in [1.165, 1.54) is 12.1 Å². The Balaban J connectivity index is 2.73. The van der Waals surface area contributed by atoms with E-state index in [-0.39, 0.29) is 19.0 Å². The summed E-state index contributed by atoms with van der Waals surface area (Å²) in [4.78, 5) is 0. The van der Waals surface area contributed by atoms with Gasteiger partial charge in [0.1, 0.15) is 18.2 Å². The first-order valence-corrected chi connectivity index (χ1v) is 5.00. The van der Waals surface area contributed by atoms with Gasteiger partial charge in [0.25, 0.3) is 0 Å². The first-order valence-electron chi connectivity index (χ1n) is 5.00. The van der Waals surface area contributed by atoms with Gasteiger partial charge in [-0.2, -0.15) is 0 Å². The monoisotopic (exact) mass is 213 g/mol. The fourth-order valence-corrected chi connectivity index (χ4v) is 1.32. The Morgan fingerprint density at radius 2 is 2.20 bits per heavy atom. The Morgan fingerprint density at radius 1 is 1.40 bits per heavy atom. The normalized spacial score (nSPS) is 10.3. The molecule has 0 amide bonds. The lowest BCUT2D eigenvalue weighted by Gasteiger charge is -2.10. The van der Waals surface area contributed by atoms with Gasteiger partial charge in [0.2, 0.25) is 0 Å². The molecule has 0 fully saturated rings. The molecule has 0 heterocycles. The molecule has 0 atom stereocenters. The van der Waals surface area contributed by atoms with Gasteiger partial charge in [-0.25, -0.2) is 4.39 Å². The van der Waals surface area contributed by atoms with E-state index in [1.807, 2.05) is 0 Å². The van der Waals surface area contributed by atoms with E-state index in [0.717, 1.165) is 18.4 Å². The van der Waals surface area contributed by atoms with Crippen LogP contribution in [-0.4, -0.2) is 24.9 Å². The molecule has 3 nitrogen and oxygen atoms in total. The highest BCUT2D eigenvalue weighted by Gasteiger charge is 2.04. The van der Waals surface area contributed by atoms with Crippen LogP contribution in [0.1, 0.15) is 12.0 Å². The minimum absolute atomic E-state index is 0.0765. The predicted octanol–water partition coefficient (Wildman–Crippen LogP) is 1.09. The highest BCUT2D eigenvalue weighted by atomic mass is 19.1. The minimum Gasteiger partial charge on any atom is -0.491 e. The summed E-state index contributed by atoms with van der Waals surface area (Å²) in [7, 11) is 0. The lowest BCUT2D eigenvalue weighted by molar-refractivity contribution is 0.200. The number of aliphatic hydroxyl groups excluding tert-OH is 1. The largest absolute Gasteiger partial charge is 0.491 e. The van der Waals surface area contributed by atoms with Crippen LogP contribution in [0.3, 0.4) is 0 Å². The molecule has 0 aliphatic heterocycles. The molecule has 0 aliphatic carbocycles. The average molecular weight is 213 g/mol. The van der Waals surface area contributed by atoms with Crippen molar-refractivity contribution in [2.24, 2.45) is 5.73 Å². The van der Waals surface area contributed by atoms with Crippen molar-refractivity contribution in [1.29, 1.82) is 0 Å². The zero-order valence-electron chi connectivity index (χ0n) is 8.58. The fraction of sp³-hybridized carbons (Fsp3) is 0.455. The van der Waals surface area contributed by atoms with Gasteiger partial charge in [0, 0.05) is 6.07 Å². The van der Waals surface area contributed by atoms with Crippen molar-refractivity contribution in [3.05, 3.63) is 29.6 Å². The summed E-state index contributed by atoms with van der Waals surface area (Å²) in [5, 5.41) is 8.63. The zero-order valence-corrected chi connectivity index (χ0v) is 8.58. The van der Waals surface area contributed by atoms with Gasteiger partial charge in [-0.05, 0) is 31.0 Å². The number of hydrogen-bond acceptors (Lipinski definition) is 3. The number of nitrogens with two attached hydrogens (primary N) is 1. The van der Waals surface area contributed by atoms with Crippen molar-refractivity contribution in [2.45, 2.75) is 12.8 Å². The van der Waals surface area contributed by atoms with E-state index in [0.29, 0.717) is 12.3 Å². The summed E-state index contributed by atoms with van der Waals surface area (Å²) < 4.78 is 18.2. The molecule has 0 bridgehead atoms. The first kappa shape index (κ1) is 11.9. The Bertz CT molecular complexity index is 305. The maximum atomic E-state index is 12.9. The topological polar surface area (TPSA) is 55.5 Å². The van der Waals surface area contributed by atoms with Gasteiger partial charge in [-0.15, -0.1) is 0 Å². The van der Waals surface area contributed by atoms with Gasteiger partial charge in [-0.1, -0.05) is 6.07 Å². The van der Waals surface area contributed by atoms with E-state index in [2.05, 4.69) is 0 Å². The highest BCUT2D eigenvalue weighted by molar-refractivity contribution is 5.34. The Hall–Kier alpha value is -1.13. The van der Waals surface area contributed by atoms with E-state index >= 15 is 0 Å². The van der Waals surface area contributed by atoms with Crippen molar-refractivity contribution in [3.8, 4) is 5.75 Å². The third kappa shape index (κ3) is 3.85. The van der Waals surface area contributed by atoms with Crippen LogP contribution in [0.25, 0.3) is 0 Å². The van der Waals surface area contributed by atoms with Crippen LogP contribution >= 0.6 is 0 Å². The lowest BCUT2D eigenvalue weighted by atomic mass is 10.1. The third-order valence-electron chi connectivity index (χ3n) is 2.03. The number of hydrogen-bond donors (Lipinski definition) is 2. The molecule has 0 spiro atoms. The molecular weight excluding hydrogens is 197 g/mol. The molecule has 0 aromatic heterocycles. The number of halogens is 1. The first-order chi connectivity index (χ1) is 7.27. The molecule has 0 unspecified atom stereocenters. The van der Waals surface area contributed by atoms with Crippen molar-refractivity contribution < 1.29 is 14.2 Å². The lowest BCUT2D eigenvalue weighted by Crippen LogP contribution is -2.06. The number of ether oxygens (including phenoxy) is 1. The van der Waals surface area contributed by atoms with Gasteiger partial charge >= 0.3 is 0 Å². The third-order valence-corrected chi connectivity index (χ3v) is 2.03. The molecule has 1 rings (SSSR count). The molecular formula is C11H16FNO2. The molecule has 0 aliphatic rings. The van der Waals surface area contributed by atoms with E-state index in [4.69, 9.17) is 15.6 Å². The molecule has 0 saturated carbocycles. The summed E-state index contributed by atoms with van der Waals surface area (Å²) >= 11 is 0. The second-order valence-electron chi connectivity index (χ2n) is 3.22.